The van der Waals surface area contributed by atoms with Crippen molar-refractivity contribution in [3.63, 3.8) is 0 Å². The standard InChI is InChI=1S/C13H19NO2S/c1-8-13(14-2)12-9(7-17-8)10(15-3)5-6-11(12)16-4/h5-6,8,13-14H,7H2,1-4H3. The van der Waals surface area contributed by atoms with Gasteiger partial charge in [0.05, 0.1) is 14.2 Å². The van der Waals surface area contributed by atoms with Gasteiger partial charge < -0.3 is 14.8 Å². The highest BCUT2D eigenvalue weighted by Crippen LogP contribution is 2.45. The molecule has 3 nitrogen and oxygen atoms in total. The first kappa shape index (κ1) is 12.6. The van der Waals surface area contributed by atoms with E-state index in [0.717, 1.165) is 17.3 Å². The molecular formula is C13H19NO2S. The summed E-state index contributed by atoms with van der Waals surface area (Å²) in [5.74, 6) is 2.89. The highest BCUT2D eigenvalue weighted by Gasteiger charge is 2.30. The summed E-state index contributed by atoms with van der Waals surface area (Å²) in [6.07, 6.45) is 0. The molecule has 2 unspecified atom stereocenters. The molecule has 0 saturated carbocycles. The fourth-order valence-corrected chi connectivity index (χ4v) is 3.60. The lowest BCUT2D eigenvalue weighted by molar-refractivity contribution is 0.386. The first-order valence-electron chi connectivity index (χ1n) is 5.75. The van der Waals surface area contributed by atoms with Crippen molar-refractivity contribution >= 4 is 11.8 Å². The van der Waals surface area contributed by atoms with Gasteiger partial charge in [0.15, 0.2) is 0 Å². The minimum Gasteiger partial charge on any atom is -0.496 e. The molecule has 0 bridgehead atoms. The zero-order chi connectivity index (χ0) is 12.4. The van der Waals surface area contributed by atoms with E-state index in [1.54, 1.807) is 14.2 Å². The monoisotopic (exact) mass is 253 g/mol. The van der Waals surface area contributed by atoms with Crippen LogP contribution in [0.5, 0.6) is 11.5 Å². The predicted octanol–water partition coefficient (Wildman–Crippen LogP) is 2.60. The van der Waals surface area contributed by atoms with Gasteiger partial charge in [0.2, 0.25) is 0 Å². The lowest BCUT2D eigenvalue weighted by Crippen LogP contribution is -2.30. The van der Waals surface area contributed by atoms with E-state index in [4.69, 9.17) is 9.47 Å². The molecule has 94 valence electrons. The number of benzene rings is 1. The second-order valence-corrected chi connectivity index (χ2v) is 5.51. The fraction of sp³-hybridized carbons (Fsp3) is 0.538. The zero-order valence-corrected chi connectivity index (χ0v) is 11.6. The van der Waals surface area contributed by atoms with Crippen molar-refractivity contribution in [2.24, 2.45) is 0 Å². The van der Waals surface area contributed by atoms with Crippen LogP contribution in [0.4, 0.5) is 0 Å². The van der Waals surface area contributed by atoms with Crippen LogP contribution in [0.3, 0.4) is 0 Å². The first-order chi connectivity index (χ1) is 8.22. The second kappa shape index (κ2) is 5.19. The van der Waals surface area contributed by atoms with Crippen LogP contribution in [-0.2, 0) is 5.75 Å². The normalized spacial score (nSPS) is 23.1. The lowest BCUT2D eigenvalue weighted by Gasteiger charge is -2.32. The molecular weight excluding hydrogens is 234 g/mol. The number of thioether (sulfide) groups is 1. The Bertz CT molecular complexity index is 409. The van der Waals surface area contributed by atoms with Gasteiger partial charge in [-0.3, -0.25) is 0 Å². The Kier molecular flexibility index (Phi) is 3.84. The van der Waals surface area contributed by atoms with E-state index < -0.39 is 0 Å². The second-order valence-electron chi connectivity index (χ2n) is 4.14. The Hall–Kier alpha value is -0.870. The third kappa shape index (κ3) is 2.11. The Morgan fingerprint density at radius 1 is 1.24 bits per heavy atom. The highest BCUT2D eigenvalue weighted by molar-refractivity contribution is 7.99. The third-order valence-electron chi connectivity index (χ3n) is 3.30. The Balaban J connectivity index is 2.57. The van der Waals surface area contributed by atoms with Crippen molar-refractivity contribution in [2.45, 2.75) is 24.0 Å². The van der Waals surface area contributed by atoms with Gasteiger partial charge in [-0.05, 0) is 19.2 Å². The van der Waals surface area contributed by atoms with E-state index in [2.05, 4.69) is 12.2 Å². The van der Waals surface area contributed by atoms with Crippen molar-refractivity contribution in [1.29, 1.82) is 0 Å². The number of nitrogens with one attached hydrogen (secondary N) is 1. The van der Waals surface area contributed by atoms with E-state index in [9.17, 15) is 0 Å². The van der Waals surface area contributed by atoms with Gasteiger partial charge in [0.25, 0.3) is 0 Å². The van der Waals surface area contributed by atoms with Crippen molar-refractivity contribution in [3.8, 4) is 11.5 Å². The first-order valence-corrected chi connectivity index (χ1v) is 6.80. The predicted molar refractivity (Wildman–Crippen MR) is 72.1 cm³/mol. The quantitative estimate of drug-likeness (QED) is 0.897. The molecule has 2 rings (SSSR count). The topological polar surface area (TPSA) is 30.5 Å². The lowest BCUT2D eigenvalue weighted by atomic mass is 9.96. The Morgan fingerprint density at radius 3 is 2.47 bits per heavy atom. The largest absolute Gasteiger partial charge is 0.496 e. The smallest absolute Gasteiger partial charge is 0.124 e. The van der Waals surface area contributed by atoms with Crippen LogP contribution in [0.1, 0.15) is 24.1 Å². The summed E-state index contributed by atoms with van der Waals surface area (Å²) >= 11 is 1.94. The fourth-order valence-electron chi connectivity index (χ4n) is 2.41. The minimum absolute atomic E-state index is 0.314. The van der Waals surface area contributed by atoms with E-state index in [1.807, 2.05) is 30.9 Å². The van der Waals surface area contributed by atoms with Crippen molar-refractivity contribution in [1.82, 2.24) is 5.32 Å². The van der Waals surface area contributed by atoms with Gasteiger partial charge in [0.1, 0.15) is 11.5 Å². The summed E-state index contributed by atoms with van der Waals surface area (Å²) in [7, 11) is 5.44. The summed E-state index contributed by atoms with van der Waals surface area (Å²) in [5, 5.41) is 3.92. The van der Waals surface area contributed by atoms with Gasteiger partial charge >= 0.3 is 0 Å². The van der Waals surface area contributed by atoms with Gasteiger partial charge in [-0.25, -0.2) is 0 Å². The molecule has 0 aromatic heterocycles. The number of ether oxygens (including phenoxy) is 2. The molecule has 1 aromatic rings. The van der Waals surface area contributed by atoms with Crippen LogP contribution >= 0.6 is 11.8 Å². The summed E-state index contributed by atoms with van der Waals surface area (Å²) in [6, 6.07) is 4.29. The van der Waals surface area contributed by atoms with Crippen LogP contribution in [0.15, 0.2) is 12.1 Å². The Labute approximate surface area is 107 Å². The maximum absolute atomic E-state index is 5.49. The number of hydrogen-bond donors (Lipinski definition) is 1. The van der Waals surface area contributed by atoms with Crippen molar-refractivity contribution in [3.05, 3.63) is 23.3 Å². The van der Waals surface area contributed by atoms with Gasteiger partial charge in [-0.2, -0.15) is 11.8 Å². The summed E-state index contributed by atoms with van der Waals surface area (Å²) in [4.78, 5) is 0. The SMILES string of the molecule is CNC1c2c(OC)ccc(OC)c2CSC1C. The Morgan fingerprint density at radius 2 is 1.88 bits per heavy atom. The van der Waals surface area contributed by atoms with Crippen molar-refractivity contribution in [2.75, 3.05) is 21.3 Å². The summed E-state index contributed by atoms with van der Waals surface area (Å²) in [5.41, 5.74) is 2.51. The van der Waals surface area contributed by atoms with E-state index >= 15 is 0 Å². The summed E-state index contributed by atoms with van der Waals surface area (Å²) in [6.45, 7) is 2.24. The molecule has 0 amide bonds. The number of fused-ring (bicyclic) bond motifs is 1. The third-order valence-corrected chi connectivity index (χ3v) is 4.55. The van der Waals surface area contributed by atoms with Gasteiger partial charge in [-0.1, -0.05) is 6.92 Å². The molecule has 0 aliphatic carbocycles. The summed E-state index contributed by atoms with van der Waals surface area (Å²) < 4.78 is 10.9. The maximum atomic E-state index is 5.49. The zero-order valence-electron chi connectivity index (χ0n) is 10.7. The van der Waals surface area contributed by atoms with E-state index in [1.165, 1.54) is 11.1 Å². The molecule has 1 aliphatic rings. The molecule has 1 N–H and O–H groups in total. The van der Waals surface area contributed by atoms with Crippen LogP contribution in [-0.4, -0.2) is 26.5 Å². The average Bonchev–Trinajstić information content (AvgIpc) is 2.37. The minimum atomic E-state index is 0.314. The molecule has 1 aromatic carbocycles. The molecule has 0 fully saturated rings. The van der Waals surface area contributed by atoms with Gasteiger partial charge in [0, 0.05) is 28.2 Å². The molecule has 17 heavy (non-hydrogen) atoms. The maximum Gasteiger partial charge on any atom is 0.124 e. The highest BCUT2D eigenvalue weighted by atomic mass is 32.2. The van der Waals surface area contributed by atoms with Crippen LogP contribution < -0.4 is 14.8 Å². The molecule has 2 atom stereocenters. The van der Waals surface area contributed by atoms with E-state index in [-0.39, 0.29) is 0 Å². The van der Waals surface area contributed by atoms with Gasteiger partial charge in [-0.15, -0.1) is 0 Å². The van der Waals surface area contributed by atoms with Crippen LogP contribution in [0, 0.1) is 0 Å². The molecule has 0 radical (unpaired) electrons. The number of rotatable bonds is 3. The molecule has 1 heterocycles. The number of hydrogen-bond acceptors (Lipinski definition) is 4. The molecule has 0 saturated heterocycles. The van der Waals surface area contributed by atoms with Crippen LogP contribution in [0.25, 0.3) is 0 Å². The molecule has 0 spiro atoms. The van der Waals surface area contributed by atoms with E-state index in [0.29, 0.717) is 11.3 Å². The van der Waals surface area contributed by atoms with Crippen LogP contribution in [0.2, 0.25) is 0 Å². The van der Waals surface area contributed by atoms with Crippen molar-refractivity contribution < 1.29 is 9.47 Å². The molecule has 4 heteroatoms. The number of methoxy groups -OCH3 is 2. The average molecular weight is 253 g/mol. The molecule has 1 aliphatic heterocycles.